The number of rotatable bonds is 2. The second-order valence-corrected chi connectivity index (χ2v) is 8.29. The smallest absolute Gasteiger partial charge is 0.234 e. The van der Waals surface area contributed by atoms with E-state index in [2.05, 4.69) is 46.4 Å². The van der Waals surface area contributed by atoms with Crippen molar-refractivity contribution in [3.63, 3.8) is 0 Å². The lowest BCUT2D eigenvalue weighted by molar-refractivity contribution is -0.119. The number of alkyl halides is 1. The lowest BCUT2D eigenvalue weighted by Crippen LogP contribution is -2.27. The number of halogens is 1. The Morgan fingerprint density at radius 2 is 1.90 bits per heavy atom. The highest BCUT2D eigenvalue weighted by Crippen LogP contribution is 2.44. The van der Waals surface area contributed by atoms with Crippen LogP contribution in [0.1, 0.15) is 62.4 Å². The Kier molecular flexibility index (Phi) is 3.89. The Balaban J connectivity index is 1.84. The maximum absolute atomic E-state index is 12.0. The molecule has 2 nitrogen and oxygen atoms in total. The number of carbonyl (C=O) groups excluding carboxylic acids is 1. The first-order valence-electron chi connectivity index (χ1n) is 7.99. The van der Waals surface area contributed by atoms with Crippen molar-refractivity contribution in [3.8, 4) is 0 Å². The first kappa shape index (κ1) is 15.1. The van der Waals surface area contributed by atoms with Gasteiger partial charge in [-0.1, -0.05) is 47.8 Å². The summed E-state index contributed by atoms with van der Waals surface area (Å²) in [5, 5.41) is 2.98. The standard InChI is InChI=1S/C18H24BrNO/c1-11-4-6-12(7-5-11)16(19)13-8-9-15-14(10-13)18(2,3)17(21)20-15/h8-12,16H,4-7H2,1-3H3,(H,20,21). The Labute approximate surface area is 135 Å². The molecule has 3 rings (SSSR count). The summed E-state index contributed by atoms with van der Waals surface area (Å²) in [7, 11) is 0. The minimum atomic E-state index is -0.418. The van der Waals surface area contributed by atoms with Crippen molar-refractivity contribution >= 4 is 27.5 Å². The van der Waals surface area contributed by atoms with Crippen molar-refractivity contribution in [2.75, 3.05) is 5.32 Å². The molecule has 2 aliphatic rings. The minimum Gasteiger partial charge on any atom is -0.325 e. The van der Waals surface area contributed by atoms with Gasteiger partial charge in [-0.25, -0.2) is 0 Å². The number of hydrogen-bond donors (Lipinski definition) is 1. The fourth-order valence-electron chi connectivity index (χ4n) is 3.61. The molecule has 21 heavy (non-hydrogen) atoms. The van der Waals surface area contributed by atoms with E-state index in [1.54, 1.807) is 0 Å². The molecular weight excluding hydrogens is 326 g/mol. The molecule has 1 N–H and O–H groups in total. The lowest BCUT2D eigenvalue weighted by atomic mass is 9.79. The van der Waals surface area contributed by atoms with Crippen LogP contribution in [0.5, 0.6) is 0 Å². The molecule has 0 aromatic heterocycles. The van der Waals surface area contributed by atoms with Crippen LogP contribution < -0.4 is 5.32 Å². The molecule has 1 aromatic carbocycles. The number of nitrogens with one attached hydrogen (secondary N) is 1. The Morgan fingerprint density at radius 3 is 2.57 bits per heavy atom. The summed E-state index contributed by atoms with van der Waals surface area (Å²) in [6, 6.07) is 6.46. The summed E-state index contributed by atoms with van der Waals surface area (Å²) in [6.45, 7) is 6.36. The monoisotopic (exact) mass is 349 g/mol. The fraction of sp³-hybridized carbons (Fsp3) is 0.611. The molecule has 0 bridgehead atoms. The summed E-state index contributed by atoms with van der Waals surface area (Å²) in [5.41, 5.74) is 3.02. The largest absolute Gasteiger partial charge is 0.325 e. The van der Waals surface area contributed by atoms with Gasteiger partial charge in [-0.05, 0) is 55.7 Å². The van der Waals surface area contributed by atoms with Crippen molar-refractivity contribution in [3.05, 3.63) is 29.3 Å². The SMILES string of the molecule is CC1CCC(C(Br)c2ccc3c(c2)C(C)(C)C(=O)N3)CC1. The first-order chi connectivity index (χ1) is 9.89. The number of anilines is 1. The zero-order valence-corrected chi connectivity index (χ0v) is 14.7. The van der Waals surface area contributed by atoms with E-state index in [0.717, 1.165) is 17.2 Å². The average molecular weight is 350 g/mol. The third kappa shape index (κ3) is 2.65. The zero-order valence-electron chi connectivity index (χ0n) is 13.1. The third-order valence-electron chi connectivity index (χ3n) is 5.33. The highest BCUT2D eigenvalue weighted by Gasteiger charge is 2.39. The molecule has 0 saturated heterocycles. The van der Waals surface area contributed by atoms with E-state index in [4.69, 9.17) is 0 Å². The van der Waals surface area contributed by atoms with Crippen molar-refractivity contribution < 1.29 is 4.79 Å². The van der Waals surface area contributed by atoms with Gasteiger partial charge >= 0.3 is 0 Å². The van der Waals surface area contributed by atoms with Gasteiger partial charge < -0.3 is 5.32 Å². The van der Waals surface area contributed by atoms with Crippen LogP contribution in [0, 0.1) is 11.8 Å². The van der Waals surface area contributed by atoms with Gasteiger partial charge in [-0.3, -0.25) is 4.79 Å². The van der Waals surface area contributed by atoms with E-state index < -0.39 is 5.41 Å². The van der Waals surface area contributed by atoms with Crippen LogP contribution in [0.25, 0.3) is 0 Å². The fourth-order valence-corrected chi connectivity index (χ4v) is 4.42. The lowest BCUT2D eigenvalue weighted by Gasteiger charge is -2.30. The molecule has 0 spiro atoms. The van der Waals surface area contributed by atoms with Crippen molar-refractivity contribution in [1.82, 2.24) is 0 Å². The van der Waals surface area contributed by atoms with Crippen molar-refractivity contribution in [2.24, 2.45) is 11.8 Å². The van der Waals surface area contributed by atoms with E-state index >= 15 is 0 Å². The number of fused-ring (bicyclic) bond motifs is 1. The van der Waals surface area contributed by atoms with Crippen molar-refractivity contribution in [2.45, 2.75) is 56.7 Å². The van der Waals surface area contributed by atoms with Crippen LogP contribution in [0.3, 0.4) is 0 Å². The molecule has 1 unspecified atom stereocenters. The first-order valence-corrected chi connectivity index (χ1v) is 8.91. The Morgan fingerprint density at radius 1 is 1.24 bits per heavy atom. The zero-order chi connectivity index (χ0) is 15.2. The second-order valence-electron chi connectivity index (χ2n) is 7.31. The van der Waals surface area contributed by atoms with Gasteiger partial charge in [0.2, 0.25) is 5.91 Å². The maximum Gasteiger partial charge on any atom is 0.234 e. The summed E-state index contributed by atoms with van der Waals surface area (Å²) in [4.78, 5) is 12.5. The molecule has 3 heteroatoms. The van der Waals surface area contributed by atoms with Gasteiger partial charge in [-0.15, -0.1) is 0 Å². The van der Waals surface area contributed by atoms with E-state index in [1.807, 2.05) is 13.8 Å². The molecular formula is C18H24BrNO. The van der Waals surface area contributed by atoms with Crippen LogP contribution in [0.4, 0.5) is 5.69 Å². The van der Waals surface area contributed by atoms with E-state index in [1.165, 1.54) is 31.2 Å². The summed E-state index contributed by atoms with van der Waals surface area (Å²) in [6.07, 6.45) is 5.27. The molecule has 0 radical (unpaired) electrons. The van der Waals surface area contributed by atoms with Crippen LogP contribution in [0.15, 0.2) is 18.2 Å². The summed E-state index contributed by atoms with van der Waals surface area (Å²) >= 11 is 3.92. The molecule has 1 aromatic rings. The topological polar surface area (TPSA) is 29.1 Å². The minimum absolute atomic E-state index is 0.104. The highest BCUT2D eigenvalue weighted by atomic mass is 79.9. The quantitative estimate of drug-likeness (QED) is 0.732. The normalized spacial score (nSPS) is 28.9. The van der Waals surface area contributed by atoms with Gasteiger partial charge in [-0.2, -0.15) is 0 Å². The predicted octanol–water partition coefficient (Wildman–Crippen LogP) is 5.18. The van der Waals surface area contributed by atoms with Gasteiger partial charge in [0.15, 0.2) is 0 Å². The van der Waals surface area contributed by atoms with E-state index in [0.29, 0.717) is 10.7 Å². The third-order valence-corrected chi connectivity index (χ3v) is 6.60. The molecule has 114 valence electrons. The molecule has 1 saturated carbocycles. The van der Waals surface area contributed by atoms with E-state index in [9.17, 15) is 4.79 Å². The maximum atomic E-state index is 12.0. The summed E-state index contributed by atoms with van der Waals surface area (Å²) in [5.74, 6) is 1.70. The molecule has 1 atom stereocenters. The van der Waals surface area contributed by atoms with Crippen molar-refractivity contribution in [1.29, 1.82) is 0 Å². The van der Waals surface area contributed by atoms with Crippen LogP contribution in [-0.4, -0.2) is 5.91 Å². The average Bonchev–Trinajstić information content (AvgIpc) is 2.69. The summed E-state index contributed by atoms with van der Waals surface area (Å²) < 4.78 is 0. The molecule has 1 fully saturated rings. The second kappa shape index (κ2) is 5.42. The Hall–Kier alpha value is -0.830. The number of hydrogen-bond acceptors (Lipinski definition) is 1. The predicted molar refractivity (Wildman–Crippen MR) is 90.9 cm³/mol. The van der Waals surface area contributed by atoms with Gasteiger partial charge in [0.1, 0.15) is 0 Å². The van der Waals surface area contributed by atoms with Gasteiger partial charge in [0.25, 0.3) is 0 Å². The molecule has 1 amide bonds. The van der Waals surface area contributed by atoms with Crippen LogP contribution >= 0.6 is 15.9 Å². The van der Waals surface area contributed by atoms with Crippen LogP contribution in [0.2, 0.25) is 0 Å². The highest BCUT2D eigenvalue weighted by molar-refractivity contribution is 9.09. The number of carbonyl (C=O) groups is 1. The number of benzene rings is 1. The Bertz CT molecular complexity index is 558. The van der Waals surface area contributed by atoms with E-state index in [-0.39, 0.29) is 5.91 Å². The molecule has 1 aliphatic carbocycles. The van der Waals surface area contributed by atoms with Crippen LogP contribution in [-0.2, 0) is 10.2 Å². The molecule has 1 aliphatic heterocycles. The number of amides is 1. The van der Waals surface area contributed by atoms with Gasteiger partial charge in [0, 0.05) is 10.5 Å². The molecule has 1 heterocycles. The van der Waals surface area contributed by atoms with Gasteiger partial charge in [0.05, 0.1) is 5.41 Å².